The number of carbonyl (C=O) groups excluding carboxylic acids is 1. The van der Waals surface area contributed by atoms with Crippen molar-refractivity contribution in [2.45, 2.75) is 31.7 Å². The number of likely N-dealkylation sites (tertiary alicyclic amines) is 1. The lowest BCUT2D eigenvalue weighted by Gasteiger charge is -2.36. The number of nitro groups is 1. The molecule has 1 amide bonds. The molecule has 1 aromatic heterocycles. The van der Waals surface area contributed by atoms with E-state index in [1.165, 1.54) is 23.4 Å². The Morgan fingerprint density at radius 3 is 2.52 bits per heavy atom. The van der Waals surface area contributed by atoms with Gasteiger partial charge in [0.15, 0.2) is 5.75 Å². The fourth-order valence-electron chi connectivity index (χ4n) is 5.18. The number of phenols is 1. The maximum atomic E-state index is 12.8. The molecule has 1 aliphatic heterocycles. The summed E-state index contributed by atoms with van der Waals surface area (Å²) in [6.07, 6.45) is 5.61. The van der Waals surface area contributed by atoms with Gasteiger partial charge in [0, 0.05) is 24.8 Å². The van der Waals surface area contributed by atoms with Gasteiger partial charge in [-0.25, -0.2) is 0 Å². The third-order valence-corrected chi connectivity index (χ3v) is 7.03. The molecule has 170 valence electrons. The maximum absolute atomic E-state index is 12.8. The number of pyridine rings is 1. The number of phenolic OH excluding ortho intramolecular Hbond substituents is 1. The van der Waals surface area contributed by atoms with Crippen molar-refractivity contribution in [3.63, 3.8) is 0 Å². The zero-order valence-corrected chi connectivity index (χ0v) is 18.2. The van der Waals surface area contributed by atoms with Crippen molar-refractivity contribution in [2.24, 2.45) is 5.92 Å². The molecule has 1 aliphatic carbocycles. The molecule has 0 bridgehead atoms. The molecule has 3 aromatic rings. The fraction of sp³-hybridized carbons (Fsp3) is 0.360. The van der Waals surface area contributed by atoms with Gasteiger partial charge in [0.2, 0.25) is 0 Å². The molecular formula is C25H26N4O4. The van der Waals surface area contributed by atoms with Gasteiger partial charge in [0.25, 0.3) is 11.6 Å². The minimum Gasteiger partial charge on any atom is -0.505 e. The van der Waals surface area contributed by atoms with E-state index in [-0.39, 0.29) is 27.9 Å². The molecule has 2 aliphatic rings. The number of amides is 1. The highest BCUT2D eigenvalue weighted by Crippen LogP contribution is 2.34. The van der Waals surface area contributed by atoms with E-state index in [0.29, 0.717) is 18.5 Å². The molecule has 0 unspecified atom stereocenters. The largest absolute Gasteiger partial charge is 0.505 e. The Labute approximate surface area is 191 Å². The van der Waals surface area contributed by atoms with Crippen LogP contribution in [0.15, 0.2) is 48.7 Å². The van der Waals surface area contributed by atoms with E-state index in [2.05, 4.69) is 39.5 Å². The zero-order valence-electron chi connectivity index (χ0n) is 18.2. The van der Waals surface area contributed by atoms with E-state index in [1.54, 1.807) is 6.07 Å². The Morgan fingerprint density at radius 1 is 1.15 bits per heavy atom. The summed E-state index contributed by atoms with van der Waals surface area (Å²) in [6, 6.07) is 13.4. The van der Waals surface area contributed by atoms with Gasteiger partial charge in [-0.15, -0.1) is 0 Å². The molecule has 2 aromatic carbocycles. The Balaban J connectivity index is 1.20. The van der Waals surface area contributed by atoms with E-state index >= 15 is 0 Å². The van der Waals surface area contributed by atoms with Crippen molar-refractivity contribution in [1.82, 2.24) is 15.2 Å². The van der Waals surface area contributed by atoms with Crippen molar-refractivity contribution in [3.8, 4) is 5.75 Å². The van der Waals surface area contributed by atoms with Crippen molar-refractivity contribution < 1.29 is 14.8 Å². The molecule has 2 N–H and O–H groups in total. The van der Waals surface area contributed by atoms with Gasteiger partial charge < -0.3 is 10.4 Å². The number of nitro benzene ring substituents is 1. The second kappa shape index (κ2) is 8.78. The first-order valence-corrected chi connectivity index (χ1v) is 11.4. The van der Waals surface area contributed by atoms with E-state index in [0.717, 1.165) is 44.8 Å². The Morgan fingerprint density at radius 2 is 1.85 bits per heavy atom. The van der Waals surface area contributed by atoms with Gasteiger partial charge in [-0.3, -0.25) is 24.8 Å². The van der Waals surface area contributed by atoms with Gasteiger partial charge in [-0.2, -0.15) is 0 Å². The summed E-state index contributed by atoms with van der Waals surface area (Å²) in [4.78, 5) is 30.3. The molecule has 0 atom stereocenters. The third-order valence-electron chi connectivity index (χ3n) is 7.03. The Bertz CT molecular complexity index is 1200. The van der Waals surface area contributed by atoms with Crippen LogP contribution in [-0.2, 0) is 12.8 Å². The molecule has 8 heteroatoms. The van der Waals surface area contributed by atoms with Crippen LogP contribution in [0.1, 0.15) is 34.3 Å². The fourth-order valence-corrected chi connectivity index (χ4v) is 5.18. The van der Waals surface area contributed by atoms with E-state index in [9.17, 15) is 20.0 Å². The lowest BCUT2D eigenvalue weighted by Crippen LogP contribution is -2.44. The van der Waals surface area contributed by atoms with E-state index < -0.39 is 10.8 Å². The first-order valence-electron chi connectivity index (χ1n) is 11.4. The maximum Gasteiger partial charge on any atom is 0.279 e. The molecule has 0 saturated carbocycles. The quantitative estimate of drug-likeness (QED) is 0.459. The van der Waals surface area contributed by atoms with Gasteiger partial charge in [-0.05, 0) is 68.0 Å². The second-order valence-corrected chi connectivity index (χ2v) is 8.97. The van der Waals surface area contributed by atoms with Crippen LogP contribution < -0.4 is 5.32 Å². The molecule has 0 radical (unpaired) electrons. The monoisotopic (exact) mass is 446 g/mol. The number of fused-ring (bicyclic) bond motifs is 2. The summed E-state index contributed by atoms with van der Waals surface area (Å²) >= 11 is 0. The highest BCUT2D eigenvalue weighted by Gasteiger charge is 2.30. The zero-order chi connectivity index (χ0) is 22.9. The number of nitrogens with zero attached hydrogens (tertiary/aromatic N) is 3. The summed E-state index contributed by atoms with van der Waals surface area (Å²) in [5, 5.41) is 25.1. The average molecular weight is 447 g/mol. The minimum absolute atomic E-state index is 0.0581. The van der Waals surface area contributed by atoms with Crippen LogP contribution in [-0.4, -0.2) is 51.5 Å². The number of hydrogen-bond acceptors (Lipinski definition) is 6. The number of benzene rings is 2. The highest BCUT2D eigenvalue weighted by molar-refractivity contribution is 6.05. The summed E-state index contributed by atoms with van der Waals surface area (Å²) in [7, 11) is 0. The average Bonchev–Trinajstić information content (AvgIpc) is 3.27. The minimum atomic E-state index is -0.558. The molecule has 1 fully saturated rings. The van der Waals surface area contributed by atoms with Crippen LogP contribution in [0.2, 0.25) is 0 Å². The van der Waals surface area contributed by atoms with Gasteiger partial charge >= 0.3 is 0 Å². The predicted octanol–water partition coefficient (Wildman–Crippen LogP) is 3.46. The Kier molecular flexibility index (Phi) is 5.68. The van der Waals surface area contributed by atoms with E-state index in [1.807, 2.05) is 0 Å². The van der Waals surface area contributed by atoms with Gasteiger partial charge in [0.1, 0.15) is 5.52 Å². The number of non-ortho nitro benzene ring substituents is 1. The van der Waals surface area contributed by atoms with E-state index in [4.69, 9.17) is 0 Å². The molecule has 8 nitrogen and oxygen atoms in total. The molecule has 0 spiro atoms. The lowest BCUT2D eigenvalue weighted by atomic mass is 9.95. The molecule has 1 saturated heterocycles. The topological polar surface area (TPSA) is 109 Å². The standard InChI is InChI=1S/C25H26N4O4/c30-24-21(14-22(29(32)33)20-6-3-9-26-23(20)24)25(31)27-15-16-7-10-28(11-8-16)19-12-17-4-1-2-5-18(17)13-19/h1-6,9,14,16,19,30H,7-8,10-13,15H2,(H,27,31). The summed E-state index contributed by atoms with van der Waals surface area (Å²) in [5.74, 6) is -0.508. The van der Waals surface area contributed by atoms with Crippen LogP contribution in [0.3, 0.4) is 0 Å². The summed E-state index contributed by atoms with van der Waals surface area (Å²) in [5.41, 5.74) is 2.61. The SMILES string of the molecule is O=C(NCC1CCN(C2Cc3ccccc3C2)CC1)c1cc([N+](=O)[O-])c2cccnc2c1O. The van der Waals surface area contributed by atoms with Crippen LogP contribution in [0.5, 0.6) is 5.75 Å². The van der Waals surface area contributed by atoms with Crippen molar-refractivity contribution in [1.29, 1.82) is 0 Å². The number of rotatable bonds is 5. The molecule has 2 heterocycles. The number of piperidine rings is 1. The molecular weight excluding hydrogens is 420 g/mol. The van der Waals surface area contributed by atoms with Gasteiger partial charge in [0.05, 0.1) is 15.9 Å². The normalized spacial score (nSPS) is 17.2. The van der Waals surface area contributed by atoms with Crippen LogP contribution in [0.25, 0.3) is 10.9 Å². The highest BCUT2D eigenvalue weighted by atomic mass is 16.6. The lowest BCUT2D eigenvalue weighted by molar-refractivity contribution is -0.383. The van der Waals surface area contributed by atoms with Gasteiger partial charge in [-0.1, -0.05) is 24.3 Å². The smallest absolute Gasteiger partial charge is 0.279 e. The number of aromatic nitrogens is 1. The first kappa shape index (κ1) is 21.3. The predicted molar refractivity (Wildman–Crippen MR) is 124 cm³/mol. The Hall–Kier alpha value is -3.52. The van der Waals surface area contributed by atoms with Crippen LogP contribution in [0.4, 0.5) is 5.69 Å². The molecule has 5 rings (SSSR count). The summed E-state index contributed by atoms with van der Waals surface area (Å²) in [6.45, 7) is 2.47. The van der Waals surface area contributed by atoms with Crippen molar-refractivity contribution >= 4 is 22.5 Å². The summed E-state index contributed by atoms with van der Waals surface area (Å²) < 4.78 is 0. The van der Waals surface area contributed by atoms with Crippen molar-refractivity contribution in [2.75, 3.05) is 19.6 Å². The number of aromatic hydroxyl groups is 1. The number of carbonyl (C=O) groups is 1. The van der Waals surface area contributed by atoms with Crippen LogP contribution >= 0.6 is 0 Å². The second-order valence-electron chi connectivity index (χ2n) is 8.97. The molecule has 33 heavy (non-hydrogen) atoms. The van der Waals surface area contributed by atoms with Crippen molar-refractivity contribution in [3.05, 3.63) is 75.5 Å². The number of hydrogen-bond donors (Lipinski definition) is 2. The number of nitrogens with one attached hydrogen (secondary N) is 1. The first-order chi connectivity index (χ1) is 16.0. The third kappa shape index (κ3) is 4.14. The van der Waals surface area contributed by atoms with Crippen LogP contribution in [0, 0.1) is 16.0 Å².